The Morgan fingerprint density at radius 3 is 2.71 bits per heavy atom. The van der Waals surface area contributed by atoms with Gasteiger partial charge in [0.25, 0.3) is 5.69 Å². The van der Waals surface area contributed by atoms with Crippen LogP contribution in [-0.4, -0.2) is 32.2 Å². The molecule has 8 nitrogen and oxygen atoms in total. The summed E-state index contributed by atoms with van der Waals surface area (Å²) in [6.45, 7) is 0.397. The van der Waals surface area contributed by atoms with Gasteiger partial charge in [-0.1, -0.05) is 17.2 Å². The molecule has 1 aromatic heterocycles. The molecule has 0 fully saturated rings. The molecule has 0 spiro atoms. The molecule has 0 amide bonds. The van der Waals surface area contributed by atoms with E-state index < -0.39 is 4.92 Å². The van der Waals surface area contributed by atoms with E-state index in [2.05, 4.69) is 15.5 Å². The molecule has 1 heterocycles. The summed E-state index contributed by atoms with van der Waals surface area (Å²) in [4.78, 5) is 10.0. The van der Waals surface area contributed by atoms with E-state index in [0.717, 1.165) is 5.56 Å². The monoisotopic (exact) mass is 235 g/mol. The molecule has 0 unspecified atom stereocenters. The van der Waals surface area contributed by atoms with Gasteiger partial charge >= 0.3 is 6.01 Å². The fraction of sp³-hybridized carbons (Fsp3) is 0.222. The van der Waals surface area contributed by atoms with Gasteiger partial charge in [0.2, 0.25) is 0 Å². The third-order valence-corrected chi connectivity index (χ3v) is 2.16. The molecule has 2 rings (SSSR count). The smallest absolute Gasteiger partial charge is 0.335 e. The predicted molar refractivity (Wildman–Crippen MR) is 56.6 cm³/mol. The Kier molecular flexibility index (Phi) is 2.95. The standard InChI is InChI=1S/C9H9N5O3/c1-17-9-10-11-12-13(9)6-7-2-4-8(5-3-7)14(15)16/h2-5H,6H2,1H3. The van der Waals surface area contributed by atoms with Crippen LogP contribution in [0.15, 0.2) is 24.3 Å². The highest BCUT2D eigenvalue weighted by Crippen LogP contribution is 2.13. The second-order valence-corrected chi connectivity index (χ2v) is 3.25. The van der Waals surface area contributed by atoms with Gasteiger partial charge in [-0.25, -0.2) is 0 Å². The van der Waals surface area contributed by atoms with Crippen molar-refractivity contribution in [1.82, 2.24) is 20.2 Å². The number of ether oxygens (including phenoxy) is 1. The number of hydrogen-bond donors (Lipinski definition) is 0. The van der Waals surface area contributed by atoms with Gasteiger partial charge in [-0.3, -0.25) is 10.1 Å². The maximum absolute atomic E-state index is 10.5. The lowest BCUT2D eigenvalue weighted by molar-refractivity contribution is -0.384. The van der Waals surface area contributed by atoms with Gasteiger partial charge in [0.15, 0.2) is 0 Å². The zero-order valence-corrected chi connectivity index (χ0v) is 8.98. The zero-order chi connectivity index (χ0) is 12.3. The molecule has 0 aliphatic carbocycles. The summed E-state index contributed by atoms with van der Waals surface area (Å²) in [5.74, 6) is 0. The Labute approximate surface area is 96.0 Å². The SMILES string of the molecule is COc1nnnn1Cc1ccc([N+](=O)[O-])cc1. The molecule has 0 aliphatic rings. The molecule has 0 N–H and O–H groups in total. The van der Waals surface area contributed by atoms with E-state index in [1.165, 1.54) is 23.9 Å². The van der Waals surface area contributed by atoms with Crippen LogP contribution in [0.4, 0.5) is 5.69 Å². The number of non-ortho nitro benzene ring substituents is 1. The fourth-order valence-electron chi connectivity index (χ4n) is 1.34. The van der Waals surface area contributed by atoms with Gasteiger partial charge in [0.1, 0.15) is 0 Å². The Morgan fingerprint density at radius 1 is 1.41 bits per heavy atom. The summed E-state index contributed by atoms with van der Waals surface area (Å²) in [5.41, 5.74) is 0.902. The molecule has 0 atom stereocenters. The van der Waals surface area contributed by atoms with Crippen molar-refractivity contribution in [3.05, 3.63) is 39.9 Å². The molecule has 8 heteroatoms. The van der Waals surface area contributed by atoms with Crippen molar-refractivity contribution in [2.45, 2.75) is 6.54 Å². The number of methoxy groups -OCH3 is 1. The van der Waals surface area contributed by atoms with Crippen molar-refractivity contribution in [3.8, 4) is 6.01 Å². The highest BCUT2D eigenvalue weighted by atomic mass is 16.6. The Morgan fingerprint density at radius 2 is 2.12 bits per heavy atom. The normalized spacial score (nSPS) is 10.2. The van der Waals surface area contributed by atoms with Crippen LogP contribution in [0.5, 0.6) is 6.01 Å². The van der Waals surface area contributed by atoms with Crippen LogP contribution in [-0.2, 0) is 6.54 Å². The van der Waals surface area contributed by atoms with Crippen molar-refractivity contribution in [2.75, 3.05) is 7.11 Å². The van der Waals surface area contributed by atoms with E-state index in [4.69, 9.17) is 4.74 Å². The van der Waals surface area contributed by atoms with E-state index in [0.29, 0.717) is 12.6 Å². The molecule has 17 heavy (non-hydrogen) atoms. The van der Waals surface area contributed by atoms with Gasteiger partial charge in [-0.15, -0.1) is 0 Å². The first-order valence-corrected chi connectivity index (χ1v) is 4.74. The molecule has 88 valence electrons. The third kappa shape index (κ3) is 2.36. The number of rotatable bonds is 4. The molecule has 0 bridgehead atoms. The fourth-order valence-corrected chi connectivity index (χ4v) is 1.34. The molecule has 0 saturated carbocycles. The van der Waals surface area contributed by atoms with Crippen molar-refractivity contribution in [1.29, 1.82) is 0 Å². The van der Waals surface area contributed by atoms with Gasteiger partial charge in [-0.2, -0.15) is 4.68 Å². The molecular weight excluding hydrogens is 226 g/mol. The molecule has 1 aromatic carbocycles. The van der Waals surface area contributed by atoms with Crippen LogP contribution in [0.25, 0.3) is 0 Å². The van der Waals surface area contributed by atoms with Crippen molar-refractivity contribution >= 4 is 5.69 Å². The second kappa shape index (κ2) is 4.56. The van der Waals surface area contributed by atoms with Crippen molar-refractivity contribution in [2.24, 2.45) is 0 Å². The van der Waals surface area contributed by atoms with E-state index in [1.54, 1.807) is 12.1 Å². The Balaban J connectivity index is 2.16. The minimum atomic E-state index is -0.443. The minimum Gasteiger partial charge on any atom is -0.466 e. The highest BCUT2D eigenvalue weighted by molar-refractivity contribution is 5.32. The maximum atomic E-state index is 10.5. The largest absolute Gasteiger partial charge is 0.466 e. The lowest BCUT2D eigenvalue weighted by Crippen LogP contribution is -2.04. The van der Waals surface area contributed by atoms with Crippen LogP contribution in [0.1, 0.15) is 5.56 Å². The number of hydrogen-bond acceptors (Lipinski definition) is 6. The average Bonchev–Trinajstić information content (AvgIpc) is 2.77. The van der Waals surface area contributed by atoms with Crippen LogP contribution in [0.2, 0.25) is 0 Å². The van der Waals surface area contributed by atoms with E-state index in [9.17, 15) is 10.1 Å². The first-order valence-electron chi connectivity index (χ1n) is 4.74. The number of benzene rings is 1. The molecular formula is C9H9N5O3. The average molecular weight is 235 g/mol. The quantitative estimate of drug-likeness (QED) is 0.569. The summed E-state index contributed by atoms with van der Waals surface area (Å²) in [6.07, 6.45) is 0. The van der Waals surface area contributed by atoms with E-state index in [-0.39, 0.29) is 5.69 Å². The number of nitrogens with zero attached hydrogens (tertiary/aromatic N) is 5. The molecule has 0 radical (unpaired) electrons. The molecule has 0 aliphatic heterocycles. The lowest BCUT2D eigenvalue weighted by Gasteiger charge is -2.02. The molecule has 0 saturated heterocycles. The summed E-state index contributed by atoms with van der Waals surface area (Å²) >= 11 is 0. The topological polar surface area (TPSA) is 96.0 Å². The third-order valence-electron chi connectivity index (χ3n) is 2.16. The summed E-state index contributed by atoms with van der Waals surface area (Å²) in [5, 5.41) is 21.3. The Hall–Kier alpha value is -2.51. The molecule has 2 aromatic rings. The maximum Gasteiger partial charge on any atom is 0.335 e. The predicted octanol–water partition coefficient (Wildman–Crippen LogP) is 0.638. The summed E-state index contributed by atoms with van der Waals surface area (Å²) in [7, 11) is 1.47. The van der Waals surface area contributed by atoms with Crippen molar-refractivity contribution in [3.63, 3.8) is 0 Å². The number of nitro benzene ring substituents is 1. The van der Waals surface area contributed by atoms with Gasteiger partial charge in [0.05, 0.1) is 18.6 Å². The summed E-state index contributed by atoms with van der Waals surface area (Å²) in [6, 6.07) is 6.47. The first kappa shape index (κ1) is 11.0. The lowest BCUT2D eigenvalue weighted by atomic mass is 10.2. The van der Waals surface area contributed by atoms with Crippen LogP contribution >= 0.6 is 0 Å². The van der Waals surface area contributed by atoms with Gasteiger partial charge in [0, 0.05) is 12.1 Å². The first-order chi connectivity index (χ1) is 8.20. The highest BCUT2D eigenvalue weighted by Gasteiger charge is 2.08. The van der Waals surface area contributed by atoms with Gasteiger partial charge in [-0.05, 0) is 16.0 Å². The number of aromatic nitrogens is 4. The van der Waals surface area contributed by atoms with Crippen LogP contribution in [0.3, 0.4) is 0 Å². The van der Waals surface area contributed by atoms with Crippen LogP contribution in [0, 0.1) is 10.1 Å². The van der Waals surface area contributed by atoms with Crippen molar-refractivity contribution < 1.29 is 9.66 Å². The Bertz CT molecular complexity index is 522. The minimum absolute atomic E-state index is 0.0532. The number of tetrazole rings is 1. The van der Waals surface area contributed by atoms with Crippen LogP contribution < -0.4 is 4.74 Å². The second-order valence-electron chi connectivity index (χ2n) is 3.25. The van der Waals surface area contributed by atoms with Gasteiger partial charge < -0.3 is 4.74 Å². The summed E-state index contributed by atoms with van der Waals surface area (Å²) < 4.78 is 6.40. The number of nitro groups is 1. The van der Waals surface area contributed by atoms with E-state index in [1.807, 2.05) is 0 Å². The zero-order valence-electron chi connectivity index (χ0n) is 8.98. The van der Waals surface area contributed by atoms with E-state index >= 15 is 0 Å².